The van der Waals surface area contributed by atoms with Crippen LogP contribution in [0.4, 0.5) is 5.69 Å². The van der Waals surface area contributed by atoms with Crippen LogP contribution in [0.2, 0.25) is 0 Å². The van der Waals surface area contributed by atoms with Gasteiger partial charge in [0.05, 0.1) is 17.2 Å². The molecule has 0 aliphatic carbocycles. The fourth-order valence-electron chi connectivity index (χ4n) is 4.13. The lowest BCUT2D eigenvalue weighted by molar-refractivity contribution is -0.384. The van der Waals surface area contributed by atoms with Gasteiger partial charge in [-0.2, -0.15) is 0 Å². The van der Waals surface area contributed by atoms with Gasteiger partial charge in [-0.25, -0.2) is 0 Å². The summed E-state index contributed by atoms with van der Waals surface area (Å²) in [6, 6.07) is 17.4. The summed E-state index contributed by atoms with van der Waals surface area (Å²) in [6.07, 6.45) is 2.20. The molecule has 1 amide bonds. The molecule has 1 unspecified atom stereocenters. The lowest BCUT2D eigenvalue weighted by atomic mass is 9.92. The lowest BCUT2D eigenvalue weighted by Crippen LogP contribution is -2.40. The number of nitro benzene ring substituents is 1. The van der Waals surface area contributed by atoms with Crippen LogP contribution in [0.5, 0.6) is 0 Å². The van der Waals surface area contributed by atoms with E-state index in [2.05, 4.69) is 11.1 Å². The number of carbonyl (C=O) groups is 1. The number of rotatable bonds is 3. The summed E-state index contributed by atoms with van der Waals surface area (Å²) in [5, 5.41) is 12.2. The van der Waals surface area contributed by atoms with E-state index in [1.54, 1.807) is 29.2 Å². The summed E-state index contributed by atoms with van der Waals surface area (Å²) >= 11 is 0. The van der Waals surface area contributed by atoms with Gasteiger partial charge in [-0.05, 0) is 47.9 Å². The highest BCUT2D eigenvalue weighted by Crippen LogP contribution is 2.39. The minimum atomic E-state index is -0.426. The Kier molecular flexibility index (Phi) is 3.94. The number of fused-ring (bicyclic) bond motifs is 3. The van der Waals surface area contributed by atoms with E-state index in [4.69, 9.17) is 4.42 Å². The first-order valence-electron chi connectivity index (χ1n) is 9.32. The van der Waals surface area contributed by atoms with Crippen LogP contribution in [0.3, 0.4) is 0 Å². The fourth-order valence-corrected chi connectivity index (χ4v) is 4.13. The fraction of sp³-hybridized carbons (Fsp3) is 0.136. The highest BCUT2D eigenvalue weighted by Gasteiger charge is 2.35. The van der Waals surface area contributed by atoms with E-state index in [1.165, 1.54) is 24.0 Å². The number of carbonyl (C=O) groups excluding carboxylic acids is 1. The Morgan fingerprint density at radius 3 is 2.62 bits per heavy atom. The monoisotopic (exact) mass is 387 g/mol. The normalized spacial score (nSPS) is 16.0. The van der Waals surface area contributed by atoms with Crippen LogP contribution in [0.15, 0.2) is 71.3 Å². The molecule has 29 heavy (non-hydrogen) atoms. The third kappa shape index (κ3) is 2.79. The van der Waals surface area contributed by atoms with Crippen molar-refractivity contribution < 1.29 is 14.1 Å². The maximum Gasteiger partial charge on any atom is 0.290 e. The van der Waals surface area contributed by atoms with Crippen molar-refractivity contribution in [3.8, 4) is 0 Å². The Morgan fingerprint density at radius 1 is 1.10 bits per heavy atom. The second kappa shape index (κ2) is 6.63. The van der Waals surface area contributed by atoms with Crippen molar-refractivity contribution in [3.63, 3.8) is 0 Å². The predicted molar refractivity (Wildman–Crippen MR) is 107 cm³/mol. The molecule has 1 N–H and O–H groups in total. The number of aromatic nitrogens is 1. The van der Waals surface area contributed by atoms with E-state index in [-0.39, 0.29) is 23.4 Å². The average molecular weight is 387 g/mol. The smallest absolute Gasteiger partial charge is 0.290 e. The molecule has 144 valence electrons. The number of nitro groups is 1. The second-order valence-electron chi connectivity index (χ2n) is 7.04. The summed E-state index contributed by atoms with van der Waals surface area (Å²) < 4.78 is 5.34. The van der Waals surface area contributed by atoms with E-state index in [0.29, 0.717) is 6.54 Å². The van der Waals surface area contributed by atoms with Gasteiger partial charge < -0.3 is 14.3 Å². The number of nitrogens with one attached hydrogen (secondary N) is 1. The van der Waals surface area contributed by atoms with Gasteiger partial charge in [-0.15, -0.1) is 0 Å². The first kappa shape index (κ1) is 17.2. The summed E-state index contributed by atoms with van der Waals surface area (Å²) in [5.74, 6) is 0.0686. The standard InChI is InChI=1S/C22H17N3O4/c26-22(19-6-3-13-29-19)24-12-11-17-16-4-1-2-5-18(16)23-20(17)21(24)14-7-9-15(10-8-14)25(27)28/h1-10,13,21,23H,11-12H2. The van der Waals surface area contributed by atoms with Crippen LogP contribution in [0.1, 0.15) is 33.4 Å². The molecular formula is C22H17N3O4. The topological polar surface area (TPSA) is 92.4 Å². The molecule has 1 aliphatic heterocycles. The molecule has 2 aromatic carbocycles. The summed E-state index contributed by atoms with van der Waals surface area (Å²) in [6.45, 7) is 0.524. The first-order chi connectivity index (χ1) is 14.1. The molecule has 1 atom stereocenters. The summed E-state index contributed by atoms with van der Waals surface area (Å²) in [5.41, 5.74) is 3.95. The zero-order valence-electron chi connectivity index (χ0n) is 15.4. The minimum absolute atomic E-state index is 0.0188. The molecule has 0 saturated heterocycles. The number of H-pyrrole nitrogens is 1. The van der Waals surface area contributed by atoms with Crippen molar-refractivity contribution in [1.82, 2.24) is 9.88 Å². The van der Waals surface area contributed by atoms with E-state index in [1.807, 2.05) is 18.2 Å². The lowest BCUT2D eigenvalue weighted by Gasteiger charge is -2.35. The van der Waals surface area contributed by atoms with E-state index in [0.717, 1.165) is 28.6 Å². The van der Waals surface area contributed by atoms with Gasteiger partial charge in [0, 0.05) is 35.3 Å². The number of non-ortho nitro benzene ring substituents is 1. The van der Waals surface area contributed by atoms with Gasteiger partial charge in [0.2, 0.25) is 0 Å². The predicted octanol–water partition coefficient (Wildman–Crippen LogP) is 4.46. The van der Waals surface area contributed by atoms with Gasteiger partial charge in [0.1, 0.15) is 0 Å². The first-order valence-corrected chi connectivity index (χ1v) is 9.32. The quantitative estimate of drug-likeness (QED) is 0.415. The van der Waals surface area contributed by atoms with E-state index < -0.39 is 4.92 Å². The van der Waals surface area contributed by atoms with Crippen LogP contribution >= 0.6 is 0 Å². The molecule has 0 fully saturated rings. The van der Waals surface area contributed by atoms with Crippen LogP contribution in [0, 0.1) is 10.1 Å². The van der Waals surface area contributed by atoms with Gasteiger partial charge >= 0.3 is 0 Å². The Hall–Kier alpha value is -3.87. The molecule has 0 radical (unpaired) electrons. The zero-order chi connectivity index (χ0) is 20.0. The SMILES string of the molecule is O=C(c1ccco1)N1CCc2c([nH]c3ccccc23)C1c1ccc([N+](=O)[O-])cc1. The molecule has 3 heterocycles. The van der Waals surface area contributed by atoms with Gasteiger partial charge in [0.25, 0.3) is 11.6 Å². The molecule has 0 saturated carbocycles. The molecule has 2 aromatic heterocycles. The summed E-state index contributed by atoms with van der Waals surface area (Å²) in [7, 11) is 0. The second-order valence-corrected chi connectivity index (χ2v) is 7.04. The van der Waals surface area contributed by atoms with Crippen LogP contribution in [0.25, 0.3) is 10.9 Å². The van der Waals surface area contributed by atoms with Gasteiger partial charge in [-0.3, -0.25) is 14.9 Å². The Bertz CT molecular complexity index is 1210. The van der Waals surface area contributed by atoms with Crippen molar-refractivity contribution in [2.75, 3.05) is 6.54 Å². The average Bonchev–Trinajstić information content (AvgIpc) is 3.40. The van der Waals surface area contributed by atoms with Crippen molar-refractivity contribution >= 4 is 22.5 Å². The number of nitrogens with zero attached hydrogens (tertiary/aromatic N) is 2. The zero-order valence-corrected chi connectivity index (χ0v) is 15.4. The molecular weight excluding hydrogens is 370 g/mol. The number of amides is 1. The maximum atomic E-state index is 13.2. The van der Waals surface area contributed by atoms with Crippen LogP contribution < -0.4 is 0 Å². The highest BCUT2D eigenvalue weighted by molar-refractivity contribution is 5.93. The number of hydrogen-bond donors (Lipinski definition) is 1. The Balaban J connectivity index is 1.66. The van der Waals surface area contributed by atoms with Crippen molar-refractivity contribution in [3.05, 3.63) is 99.6 Å². The Morgan fingerprint density at radius 2 is 1.90 bits per heavy atom. The number of aromatic amines is 1. The number of hydrogen-bond acceptors (Lipinski definition) is 4. The molecule has 0 bridgehead atoms. The Labute approximate surface area is 165 Å². The minimum Gasteiger partial charge on any atom is -0.459 e. The molecule has 1 aliphatic rings. The van der Waals surface area contributed by atoms with Crippen molar-refractivity contribution in [2.24, 2.45) is 0 Å². The third-order valence-electron chi connectivity index (χ3n) is 5.45. The third-order valence-corrected chi connectivity index (χ3v) is 5.45. The van der Waals surface area contributed by atoms with Crippen LogP contribution in [-0.4, -0.2) is 27.3 Å². The number of benzene rings is 2. The van der Waals surface area contributed by atoms with Gasteiger partial charge in [0.15, 0.2) is 5.76 Å². The summed E-state index contributed by atoms with van der Waals surface area (Å²) in [4.78, 5) is 29.0. The van der Waals surface area contributed by atoms with Gasteiger partial charge in [-0.1, -0.05) is 18.2 Å². The molecule has 5 rings (SSSR count). The largest absolute Gasteiger partial charge is 0.459 e. The molecule has 4 aromatic rings. The highest BCUT2D eigenvalue weighted by atomic mass is 16.6. The maximum absolute atomic E-state index is 13.2. The molecule has 0 spiro atoms. The molecule has 7 heteroatoms. The van der Waals surface area contributed by atoms with E-state index >= 15 is 0 Å². The van der Waals surface area contributed by atoms with Crippen molar-refractivity contribution in [1.29, 1.82) is 0 Å². The molecule has 7 nitrogen and oxygen atoms in total. The number of furan rings is 1. The van der Waals surface area contributed by atoms with Crippen LogP contribution in [-0.2, 0) is 6.42 Å². The van der Waals surface area contributed by atoms with E-state index in [9.17, 15) is 14.9 Å². The number of para-hydroxylation sites is 1. The van der Waals surface area contributed by atoms with Crippen molar-refractivity contribution in [2.45, 2.75) is 12.5 Å².